The number of nitrogens with one attached hydrogen (secondary N) is 1. The molecule has 170 valence electrons. The highest BCUT2D eigenvalue weighted by atomic mass is 35.5. The number of ether oxygens (including phenoxy) is 1. The van der Waals surface area contributed by atoms with Crippen LogP contribution in [0.1, 0.15) is 17.5 Å². The molecule has 3 aromatic rings. The van der Waals surface area contributed by atoms with E-state index in [0.717, 1.165) is 28.7 Å². The van der Waals surface area contributed by atoms with Gasteiger partial charge in [0.1, 0.15) is 11.6 Å². The van der Waals surface area contributed by atoms with Crippen molar-refractivity contribution in [1.29, 1.82) is 0 Å². The van der Waals surface area contributed by atoms with Gasteiger partial charge in [0.25, 0.3) is 0 Å². The monoisotopic (exact) mass is 465 g/mol. The van der Waals surface area contributed by atoms with E-state index in [1.165, 1.54) is 24.3 Å². The van der Waals surface area contributed by atoms with Crippen molar-refractivity contribution >= 4 is 35.0 Å². The Morgan fingerprint density at radius 1 is 1.19 bits per heavy atom. The zero-order chi connectivity index (χ0) is 22.0. The molecular weight excluding hydrogens is 443 g/mol. The molecule has 32 heavy (non-hydrogen) atoms. The zero-order valence-electron chi connectivity index (χ0n) is 17.4. The molecule has 1 aliphatic heterocycles. The molecule has 0 bridgehead atoms. The summed E-state index contributed by atoms with van der Waals surface area (Å²) in [6.07, 6.45) is -3.79. The third-order valence-electron chi connectivity index (χ3n) is 5.33. The summed E-state index contributed by atoms with van der Waals surface area (Å²) >= 11 is 0. The van der Waals surface area contributed by atoms with Crippen molar-refractivity contribution in [2.75, 3.05) is 18.4 Å². The third-order valence-corrected chi connectivity index (χ3v) is 5.33. The first-order valence-corrected chi connectivity index (χ1v) is 10.0. The van der Waals surface area contributed by atoms with Crippen LogP contribution in [0.5, 0.6) is 5.75 Å². The minimum atomic E-state index is -4.73. The fraction of sp³-hybridized carbons (Fsp3) is 0.304. The Balaban J connectivity index is 0.00000289. The van der Waals surface area contributed by atoms with Crippen LogP contribution in [0.15, 0.2) is 54.6 Å². The second-order valence-corrected chi connectivity index (χ2v) is 7.68. The summed E-state index contributed by atoms with van der Waals surface area (Å²) in [4.78, 5) is 19.1. The van der Waals surface area contributed by atoms with Crippen molar-refractivity contribution < 1.29 is 22.7 Å². The second-order valence-electron chi connectivity index (χ2n) is 7.68. The summed E-state index contributed by atoms with van der Waals surface area (Å²) in [5.41, 5.74) is 2.70. The molecule has 0 unspecified atom stereocenters. The molecule has 0 saturated carbocycles. The highest BCUT2D eigenvalue weighted by Gasteiger charge is 2.31. The largest absolute Gasteiger partial charge is 0.573 e. The average molecular weight is 466 g/mol. The number of halogens is 4. The molecule has 1 fully saturated rings. The van der Waals surface area contributed by atoms with Gasteiger partial charge in [0.05, 0.1) is 11.9 Å². The molecule has 0 radical (unpaired) electrons. The average Bonchev–Trinajstić information content (AvgIpc) is 3.17. The number of nitrogens with zero attached hydrogens (tertiary/aromatic N) is 2. The van der Waals surface area contributed by atoms with Crippen LogP contribution in [0.4, 0.5) is 19.0 Å². The molecule has 2 heterocycles. The van der Waals surface area contributed by atoms with Gasteiger partial charge in [-0.25, -0.2) is 4.98 Å². The Hall–Kier alpha value is -3.00. The number of hydrogen-bond donors (Lipinski definition) is 1. The van der Waals surface area contributed by atoms with Crippen LogP contribution < -0.4 is 10.1 Å². The molecule has 2 aromatic carbocycles. The number of likely N-dealkylation sites (tertiary alicyclic amines) is 1. The number of amides is 1. The van der Waals surface area contributed by atoms with Crippen molar-refractivity contribution in [3.05, 3.63) is 65.7 Å². The van der Waals surface area contributed by atoms with Crippen molar-refractivity contribution in [3.63, 3.8) is 0 Å². The summed E-state index contributed by atoms with van der Waals surface area (Å²) in [6.45, 7) is 3.23. The summed E-state index contributed by atoms with van der Waals surface area (Å²) < 4.78 is 40.6. The van der Waals surface area contributed by atoms with Crippen molar-refractivity contribution in [2.45, 2.75) is 32.2 Å². The summed E-state index contributed by atoms with van der Waals surface area (Å²) in [7, 11) is 0. The number of aromatic nitrogens is 1. The predicted octanol–water partition coefficient (Wildman–Crippen LogP) is 5.12. The van der Waals surface area contributed by atoms with Crippen molar-refractivity contribution in [1.82, 2.24) is 9.88 Å². The van der Waals surface area contributed by atoms with Gasteiger partial charge in [-0.05, 0) is 48.7 Å². The van der Waals surface area contributed by atoms with E-state index in [1.54, 1.807) is 4.90 Å². The first kappa shape index (κ1) is 23.7. The van der Waals surface area contributed by atoms with Gasteiger partial charge in [-0.15, -0.1) is 25.6 Å². The zero-order valence-corrected chi connectivity index (χ0v) is 18.2. The number of anilines is 1. The van der Waals surface area contributed by atoms with E-state index in [4.69, 9.17) is 0 Å². The van der Waals surface area contributed by atoms with Gasteiger partial charge in [-0.1, -0.05) is 30.3 Å². The van der Waals surface area contributed by atoms with Gasteiger partial charge < -0.3 is 15.0 Å². The number of fused-ring (bicyclic) bond motifs is 1. The molecule has 1 amide bonds. The maximum Gasteiger partial charge on any atom is 0.573 e. The lowest BCUT2D eigenvalue weighted by Gasteiger charge is -2.18. The molecule has 1 aliphatic rings. The van der Waals surface area contributed by atoms with Crippen molar-refractivity contribution in [3.8, 4) is 5.75 Å². The van der Waals surface area contributed by atoms with Gasteiger partial charge in [-0.3, -0.25) is 4.79 Å². The lowest BCUT2D eigenvalue weighted by atomic mass is 10.1. The molecule has 0 aliphatic carbocycles. The second kappa shape index (κ2) is 9.65. The lowest BCUT2D eigenvalue weighted by molar-refractivity contribution is -0.274. The number of pyridine rings is 1. The van der Waals surface area contributed by atoms with E-state index in [2.05, 4.69) is 15.0 Å². The molecule has 9 heteroatoms. The van der Waals surface area contributed by atoms with E-state index < -0.39 is 6.36 Å². The molecule has 1 aromatic heterocycles. The first-order valence-electron chi connectivity index (χ1n) is 10.0. The molecule has 1 N–H and O–H groups in total. The number of carbonyl (C=O) groups excluding carboxylic acids is 1. The fourth-order valence-corrected chi connectivity index (χ4v) is 3.83. The van der Waals surface area contributed by atoms with Crippen LogP contribution in [0.25, 0.3) is 10.9 Å². The van der Waals surface area contributed by atoms with Gasteiger partial charge >= 0.3 is 6.36 Å². The van der Waals surface area contributed by atoms with Crippen LogP contribution in [0, 0.1) is 6.92 Å². The molecule has 1 saturated heterocycles. The van der Waals surface area contributed by atoms with Crippen LogP contribution in [-0.2, 0) is 11.2 Å². The standard InChI is InChI=1S/C23H22F3N3O2.ClH/c1-15-12-21(28-20-5-3-2-4-19(15)20)27-17-10-11-29(14-17)22(30)13-16-6-8-18(9-7-16)31-23(24,25)26;/h2-9,12,17H,10-11,13-14H2,1H3,(H,27,28);1H/t17-;/m0./s1. The number of rotatable bonds is 5. The third kappa shape index (κ3) is 5.82. The molecule has 0 spiro atoms. The quantitative estimate of drug-likeness (QED) is 0.568. The number of para-hydroxylation sites is 1. The molecular formula is C23H23ClF3N3O2. The van der Waals surface area contributed by atoms with Gasteiger partial charge in [-0.2, -0.15) is 0 Å². The molecule has 1 atom stereocenters. The number of aryl methyl sites for hydroxylation is 1. The number of alkyl halides is 3. The number of carbonyl (C=O) groups is 1. The smallest absolute Gasteiger partial charge is 0.406 e. The number of hydrogen-bond acceptors (Lipinski definition) is 4. The summed E-state index contributed by atoms with van der Waals surface area (Å²) in [6, 6.07) is 15.5. The normalized spacial score (nSPS) is 16.0. The van der Waals surface area contributed by atoms with Crippen LogP contribution in [0.2, 0.25) is 0 Å². The Morgan fingerprint density at radius 3 is 2.62 bits per heavy atom. The molecule has 5 nitrogen and oxygen atoms in total. The maximum absolute atomic E-state index is 12.6. The van der Waals surface area contributed by atoms with Gasteiger partial charge in [0, 0.05) is 24.5 Å². The Bertz CT molecular complexity index is 1090. The minimum Gasteiger partial charge on any atom is -0.406 e. The van der Waals surface area contributed by atoms with Crippen LogP contribution in [-0.4, -0.2) is 41.3 Å². The lowest BCUT2D eigenvalue weighted by Crippen LogP contribution is -2.32. The van der Waals surface area contributed by atoms with Crippen LogP contribution >= 0.6 is 12.4 Å². The Morgan fingerprint density at radius 2 is 1.91 bits per heavy atom. The predicted molar refractivity (Wildman–Crippen MR) is 119 cm³/mol. The summed E-state index contributed by atoms with van der Waals surface area (Å²) in [5.74, 6) is 0.430. The van der Waals surface area contributed by atoms with E-state index in [1.807, 2.05) is 37.3 Å². The van der Waals surface area contributed by atoms with E-state index in [0.29, 0.717) is 18.7 Å². The first-order chi connectivity index (χ1) is 14.8. The number of benzene rings is 2. The SMILES string of the molecule is Cc1cc(N[C@H]2CCN(C(=O)Cc3ccc(OC(F)(F)F)cc3)C2)nc2ccccc12.Cl. The summed E-state index contributed by atoms with van der Waals surface area (Å²) in [5, 5.41) is 4.54. The van der Waals surface area contributed by atoms with E-state index >= 15 is 0 Å². The minimum absolute atomic E-state index is 0. The van der Waals surface area contributed by atoms with Crippen molar-refractivity contribution in [2.24, 2.45) is 0 Å². The van der Waals surface area contributed by atoms with Crippen LogP contribution in [0.3, 0.4) is 0 Å². The highest BCUT2D eigenvalue weighted by molar-refractivity contribution is 5.85. The molecule has 4 rings (SSSR count). The van der Waals surface area contributed by atoms with E-state index in [-0.39, 0.29) is 36.5 Å². The highest BCUT2D eigenvalue weighted by Crippen LogP contribution is 2.24. The van der Waals surface area contributed by atoms with Gasteiger partial charge in [0.15, 0.2) is 0 Å². The Labute approximate surface area is 190 Å². The maximum atomic E-state index is 12.6. The van der Waals surface area contributed by atoms with Gasteiger partial charge in [0.2, 0.25) is 5.91 Å². The van der Waals surface area contributed by atoms with E-state index in [9.17, 15) is 18.0 Å². The Kier molecular flexibility index (Phi) is 7.13. The fourth-order valence-electron chi connectivity index (χ4n) is 3.83. The topological polar surface area (TPSA) is 54.5 Å².